The summed E-state index contributed by atoms with van der Waals surface area (Å²) in [4.78, 5) is 25.5. The Morgan fingerprint density at radius 1 is 1.03 bits per heavy atom. The highest BCUT2D eigenvalue weighted by molar-refractivity contribution is 6.30. The molecule has 4 rings (SSSR count). The second-order valence-electron chi connectivity index (χ2n) is 8.98. The maximum absolute atomic E-state index is 12.8. The van der Waals surface area contributed by atoms with E-state index in [0.717, 1.165) is 31.2 Å². The van der Waals surface area contributed by atoms with Gasteiger partial charge in [-0.2, -0.15) is 0 Å². The average Bonchev–Trinajstić information content (AvgIpc) is 3.51. The summed E-state index contributed by atoms with van der Waals surface area (Å²) in [6.45, 7) is 2.14. The first-order valence-electron chi connectivity index (χ1n) is 11.4. The Balaban J connectivity index is 1.43. The molecule has 6 atom stereocenters. The molecule has 2 aliphatic carbocycles. The number of hydrogen-bond donors (Lipinski definition) is 2. The number of benzene rings is 2. The van der Waals surface area contributed by atoms with Gasteiger partial charge in [0.05, 0.1) is 5.92 Å². The van der Waals surface area contributed by atoms with Crippen LogP contribution < -0.4 is 10.6 Å². The van der Waals surface area contributed by atoms with Gasteiger partial charge in [0.25, 0.3) is 5.91 Å². The Kier molecular flexibility index (Phi) is 6.66. The van der Waals surface area contributed by atoms with E-state index in [1.165, 1.54) is 0 Å². The molecule has 164 valence electrons. The van der Waals surface area contributed by atoms with Crippen molar-refractivity contribution in [1.82, 2.24) is 10.6 Å². The Morgan fingerprint density at radius 2 is 1.74 bits per heavy atom. The van der Waals surface area contributed by atoms with E-state index in [1.54, 1.807) is 31.3 Å². The van der Waals surface area contributed by atoms with Gasteiger partial charge in [0, 0.05) is 23.7 Å². The Bertz CT molecular complexity index is 915. The number of amides is 2. The van der Waals surface area contributed by atoms with Gasteiger partial charge < -0.3 is 10.6 Å². The fraction of sp³-hybridized carbons (Fsp3) is 0.462. The first-order chi connectivity index (χ1) is 15.0. The molecule has 0 heterocycles. The number of halogens is 1. The SMILES string of the molecule is CC[C@@H](NC(=O)c1ccc(Cl)cc1)[C@H]1[C@@H]2CCC([C@@H](C(=O)NC)c3ccccc3)C[C@@H]21. The zero-order valence-corrected chi connectivity index (χ0v) is 18.9. The summed E-state index contributed by atoms with van der Waals surface area (Å²) >= 11 is 5.95. The average molecular weight is 439 g/mol. The van der Waals surface area contributed by atoms with Crippen molar-refractivity contribution >= 4 is 23.4 Å². The van der Waals surface area contributed by atoms with Gasteiger partial charge in [0.1, 0.15) is 0 Å². The fourth-order valence-electron chi connectivity index (χ4n) is 5.76. The van der Waals surface area contributed by atoms with Crippen LogP contribution in [-0.4, -0.2) is 24.9 Å². The highest BCUT2D eigenvalue weighted by Gasteiger charge is 2.56. The van der Waals surface area contributed by atoms with Crippen molar-refractivity contribution in [3.63, 3.8) is 0 Å². The lowest BCUT2D eigenvalue weighted by Crippen LogP contribution is -2.36. The van der Waals surface area contributed by atoms with E-state index >= 15 is 0 Å². The summed E-state index contributed by atoms with van der Waals surface area (Å²) in [7, 11) is 1.73. The lowest BCUT2D eigenvalue weighted by Gasteiger charge is -2.29. The predicted octanol–water partition coefficient (Wildman–Crippen LogP) is 5.04. The van der Waals surface area contributed by atoms with Crippen LogP contribution in [0.25, 0.3) is 0 Å². The molecule has 2 aromatic rings. The number of likely N-dealkylation sites (N-methyl/N-ethyl adjacent to an activating group) is 1. The minimum absolute atomic E-state index is 0.0313. The van der Waals surface area contributed by atoms with Gasteiger partial charge in [0.15, 0.2) is 0 Å². The summed E-state index contributed by atoms with van der Waals surface area (Å²) in [6, 6.07) is 17.4. The van der Waals surface area contributed by atoms with Gasteiger partial charge >= 0.3 is 0 Å². The molecule has 2 N–H and O–H groups in total. The van der Waals surface area contributed by atoms with Gasteiger partial charge in [-0.1, -0.05) is 48.9 Å². The van der Waals surface area contributed by atoms with Crippen LogP contribution in [-0.2, 0) is 4.79 Å². The molecular weight excluding hydrogens is 408 g/mol. The molecule has 2 fully saturated rings. The maximum Gasteiger partial charge on any atom is 0.251 e. The molecular formula is C26H31ClN2O2. The number of hydrogen-bond acceptors (Lipinski definition) is 2. The molecule has 0 saturated heterocycles. The number of nitrogens with one attached hydrogen (secondary N) is 2. The minimum Gasteiger partial charge on any atom is -0.359 e. The quantitative estimate of drug-likeness (QED) is 0.636. The molecule has 2 aromatic carbocycles. The van der Waals surface area contributed by atoms with Crippen molar-refractivity contribution in [2.75, 3.05) is 7.05 Å². The molecule has 5 heteroatoms. The van der Waals surface area contributed by atoms with Crippen LogP contribution in [0.2, 0.25) is 5.02 Å². The summed E-state index contributed by atoms with van der Waals surface area (Å²) in [5.74, 6) is 2.08. The lowest BCUT2D eigenvalue weighted by molar-refractivity contribution is -0.123. The topological polar surface area (TPSA) is 58.2 Å². The van der Waals surface area contributed by atoms with Crippen molar-refractivity contribution in [3.05, 3.63) is 70.7 Å². The second-order valence-corrected chi connectivity index (χ2v) is 9.41. The number of carbonyl (C=O) groups is 2. The van der Waals surface area contributed by atoms with Crippen LogP contribution in [0.3, 0.4) is 0 Å². The first kappa shape index (κ1) is 21.9. The summed E-state index contributed by atoms with van der Waals surface area (Å²) in [6.07, 6.45) is 4.16. The summed E-state index contributed by atoms with van der Waals surface area (Å²) in [5, 5.41) is 6.78. The van der Waals surface area contributed by atoms with Crippen LogP contribution in [0.5, 0.6) is 0 Å². The summed E-state index contributed by atoms with van der Waals surface area (Å²) in [5.41, 5.74) is 1.75. The molecule has 0 radical (unpaired) electrons. The number of fused-ring (bicyclic) bond motifs is 1. The van der Waals surface area contributed by atoms with Crippen LogP contribution in [0.15, 0.2) is 54.6 Å². The predicted molar refractivity (Wildman–Crippen MR) is 124 cm³/mol. The van der Waals surface area contributed by atoms with E-state index in [0.29, 0.717) is 34.3 Å². The smallest absolute Gasteiger partial charge is 0.251 e. The van der Waals surface area contributed by atoms with E-state index in [2.05, 4.69) is 29.7 Å². The van der Waals surface area contributed by atoms with Gasteiger partial charge in [-0.25, -0.2) is 0 Å². The minimum atomic E-state index is -0.0999. The van der Waals surface area contributed by atoms with Crippen molar-refractivity contribution < 1.29 is 9.59 Å². The van der Waals surface area contributed by atoms with Crippen LogP contribution in [0.1, 0.15) is 54.4 Å². The fourth-order valence-corrected chi connectivity index (χ4v) is 5.89. The molecule has 2 aliphatic rings. The molecule has 2 amide bonds. The third-order valence-corrected chi connectivity index (χ3v) is 7.58. The normalized spacial score (nSPS) is 26.3. The lowest BCUT2D eigenvalue weighted by atomic mass is 9.76. The zero-order chi connectivity index (χ0) is 22.0. The van der Waals surface area contributed by atoms with Crippen LogP contribution >= 0.6 is 11.6 Å². The van der Waals surface area contributed by atoms with E-state index in [4.69, 9.17) is 11.6 Å². The van der Waals surface area contributed by atoms with E-state index in [-0.39, 0.29) is 23.8 Å². The second kappa shape index (κ2) is 9.44. The van der Waals surface area contributed by atoms with Crippen LogP contribution in [0.4, 0.5) is 0 Å². The van der Waals surface area contributed by atoms with Gasteiger partial charge in [-0.15, -0.1) is 0 Å². The third kappa shape index (κ3) is 4.64. The molecule has 0 aromatic heterocycles. The van der Waals surface area contributed by atoms with Crippen molar-refractivity contribution in [2.45, 2.75) is 44.6 Å². The number of carbonyl (C=O) groups excluding carboxylic acids is 2. The monoisotopic (exact) mass is 438 g/mol. The van der Waals surface area contributed by atoms with Gasteiger partial charge in [-0.05, 0) is 79.2 Å². The molecule has 4 nitrogen and oxygen atoms in total. The zero-order valence-electron chi connectivity index (χ0n) is 18.2. The van der Waals surface area contributed by atoms with E-state index in [9.17, 15) is 9.59 Å². The first-order valence-corrected chi connectivity index (χ1v) is 11.7. The highest BCUT2D eigenvalue weighted by atomic mass is 35.5. The Hall–Kier alpha value is -2.33. The molecule has 2 saturated carbocycles. The summed E-state index contributed by atoms with van der Waals surface area (Å²) < 4.78 is 0. The molecule has 0 bridgehead atoms. The van der Waals surface area contributed by atoms with E-state index < -0.39 is 0 Å². The Morgan fingerprint density at radius 3 is 2.39 bits per heavy atom. The molecule has 31 heavy (non-hydrogen) atoms. The number of rotatable bonds is 7. The highest BCUT2D eigenvalue weighted by Crippen LogP contribution is 2.60. The molecule has 0 spiro atoms. The van der Waals surface area contributed by atoms with Crippen molar-refractivity contribution in [3.8, 4) is 0 Å². The van der Waals surface area contributed by atoms with Crippen LogP contribution in [0, 0.1) is 23.7 Å². The van der Waals surface area contributed by atoms with Crippen molar-refractivity contribution in [1.29, 1.82) is 0 Å². The Labute approximate surface area is 189 Å². The standard InChI is InChI=1S/C26H31ClN2O2/c1-3-22(29-25(30)17-9-12-19(27)13-10-17)24-20-14-11-18(15-21(20)24)23(26(31)28-2)16-7-5-4-6-8-16/h4-10,12-13,18,20-24H,3,11,14-15H2,1-2H3,(H,28,31)(H,29,30)/t18?,20-,21+,22-,23+,24+/m1/s1. The molecule has 1 unspecified atom stereocenters. The maximum atomic E-state index is 12.8. The molecule has 0 aliphatic heterocycles. The van der Waals surface area contributed by atoms with Crippen molar-refractivity contribution in [2.24, 2.45) is 23.7 Å². The van der Waals surface area contributed by atoms with Gasteiger partial charge in [-0.3, -0.25) is 9.59 Å². The third-order valence-electron chi connectivity index (χ3n) is 7.33. The van der Waals surface area contributed by atoms with E-state index in [1.807, 2.05) is 18.2 Å². The largest absolute Gasteiger partial charge is 0.359 e. The van der Waals surface area contributed by atoms with Gasteiger partial charge in [0.2, 0.25) is 5.91 Å².